The molecule has 0 unspecified atom stereocenters. The number of aryl methyl sites for hydroxylation is 1. The van der Waals surface area contributed by atoms with Crippen molar-refractivity contribution >= 4 is 11.5 Å². The third-order valence-electron chi connectivity index (χ3n) is 3.29. The number of nitrogens with zero attached hydrogens (tertiary/aromatic N) is 3. The molecule has 1 N–H and O–H groups in total. The van der Waals surface area contributed by atoms with Gasteiger partial charge in [0.1, 0.15) is 18.8 Å². The van der Waals surface area contributed by atoms with E-state index >= 15 is 0 Å². The molecule has 2 heterocycles. The summed E-state index contributed by atoms with van der Waals surface area (Å²) in [6, 6.07) is 5.57. The van der Waals surface area contributed by atoms with E-state index < -0.39 is 0 Å². The molecule has 6 heteroatoms. The molecule has 0 amide bonds. The smallest absolute Gasteiger partial charge is 0.174 e. The zero-order valence-electron chi connectivity index (χ0n) is 11.3. The maximum atomic E-state index is 12.5. The Hall–Kier alpha value is -2.37. The third-order valence-corrected chi connectivity index (χ3v) is 3.29. The van der Waals surface area contributed by atoms with Crippen molar-refractivity contribution in [2.45, 2.75) is 19.9 Å². The topological polar surface area (TPSA) is 69.0 Å². The van der Waals surface area contributed by atoms with E-state index in [-0.39, 0.29) is 12.2 Å². The second-order valence-electron chi connectivity index (χ2n) is 4.55. The Morgan fingerprint density at radius 3 is 3.25 bits per heavy atom. The Labute approximate surface area is 116 Å². The van der Waals surface area contributed by atoms with E-state index in [1.54, 1.807) is 10.7 Å². The van der Waals surface area contributed by atoms with Crippen molar-refractivity contribution in [1.29, 1.82) is 0 Å². The van der Waals surface area contributed by atoms with Gasteiger partial charge in [0.25, 0.3) is 0 Å². The zero-order chi connectivity index (χ0) is 13.9. The van der Waals surface area contributed by atoms with Gasteiger partial charge in [-0.2, -0.15) is 5.10 Å². The Morgan fingerprint density at radius 1 is 1.50 bits per heavy atom. The maximum Gasteiger partial charge on any atom is 0.174 e. The summed E-state index contributed by atoms with van der Waals surface area (Å²) in [6.07, 6.45) is 1.71. The molecule has 2 aromatic rings. The van der Waals surface area contributed by atoms with Crippen molar-refractivity contribution in [3.63, 3.8) is 0 Å². The summed E-state index contributed by atoms with van der Waals surface area (Å²) >= 11 is 0. The number of ketones is 1. The molecule has 1 aliphatic heterocycles. The average molecular weight is 272 g/mol. The highest BCUT2D eigenvalue weighted by Gasteiger charge is 2.20. The molecule has 0 bridgehead atoms. The molecule has 20 heavy (non-hydrogen) atoms. The molecule has 0 radical (unpaired) electrons. The van der Waals surface area contributed by atoms with Gasteiger partial charge in [-0.1, -0.05) is 6.07 Å². The molecule has 0 saturated heterocycles. The van der Waals surface area contributed by atoms with Gasteiger partial charge in [0.2, 0.25) is 0 Å². The minimum atomic E-state index is -0.00625. The van der Waals surface area contributed by atoms with E-state index in [0.29, 0.717) is 30.3 Å². The van der Waals surface area contributed by atoms with Crippen LogP contribution in [0.4, 0.5) is 5.69 Å². The first-order chi connectivity index (χ1) is 9.79. The first-order valence-corrected chi connectivity index (χ1v) is 6.69. The van der Waals surface area contributed by atoms with Crippen LogP contribution >= 0.6 is 0 Å². The summed E-state index contributed by atoms with van der Waals surface area (Å²) in [5, 5.41) is 7.31. The van der Waals surface area contributed by atoms with Gasteiger partial charge in [0.05, 0.1) is 17.7 Å². The molecule has 0 aliphatic carbocycles. The normalized spacial score (nSPS) is 13.2. The lowest BCUT2D eigenvalue weighted by Crippen LogP contribution is -2.20. The van der Waals surface area contributed by atoms with Crippen molar-refractivity contribution < 1.29 is 9.53 Å². The number of carbonyl (C=O) groups excluding carboxylic acids is 1. The minimum absolute atomic E-state index is 0.00625. The summed E-state index contributed by atoms with van der Waals surface area (Å²) in [5.41, 5.74) is 1.47. The van der Waals surface area contributed by atoms with Gasteiger partial charge in [-0.3, -0.25) is 4.79 Å². The molecular formula is C14H16N4O2. The minimum Gasteiger partial charge on any atom is -0.489 e. The van der Waals surface area contributed by atoms with Crippen LogP contribution in [0.5, 0.6) is 5.75 Å². The molecule has 104 valence electrons. The second-order valence-corrected chi connectivity index (χ2v) is 4.55. The van der Waals surface area contributed by atoms with Crippen LogP contribution in [-0.2, 0) is 13.0 Å². The standard InChI is InChI=1S/C14H16N4O2/c1-2-18-13(16-9-17-18)8-12(19)10-4-3-5-11-14(10)20-7-6-15-11/h3-5,9,15H,2,6-8H2,1H3. The number of fused-ring (bicyclic) bond motifs is 1. The number of ether oxygens (including phenoxy) is 1. The summed E-state index contributed by atoms with van der Waals surface area (Å²) in [4.78, 5) is 16.6. The van der Waals surface area contributed by atoms with E-state index in [9.17, 15) is 4.79 Å². The number of rotatable bonds is 4. The molecule has 0 saturated carbocycles. The van der Waals surface area contributed by atoms with E-state index in [1.165, 1.54) is 6.33 Å². The molecule has 6 nitrogen and oxygen atoms in total. The fourth-order valence-corrected chi connectivity index (χ4v) is 2.32. The maximum absolute atomic E-state index is 12.5. The number of hydrogen-bond acceptors (Lipinski definition) is 5. The first-order valence-electron chi connectivity index (χ1n) is 6.69. The number of Topliss-reactive ketones (excluding diaryl/α,β-unsaturated/α-hetero) is 1. The predicted octanol–water partition coefficient (Wildman–Crippen LogP) is 1.53. The largest absolute Gasteiger partial charge is 0.489 e. The van der Waals surface area contributed by atoms with Crippen molar-refractivity contribution in [3.8, 4) is 5.75 Å². The lowest BCUT2D eigenvalue weighted by Gasteiger charge is -2.21. The van der Waals surface area contributed by atoms with Crippen molar-refractivity contribution in [2.24, 2.45) is 0 Å². The number of aromatic nitrogens is 3. The lowest BCUT2D eigenvalue weighted by molar-refractivity contribution is 0.0985. The molecule has 0 spiro atoms. The second kappa shape index (κ2) is 5.32. The highest BCUT2D eigenvalue weighted by molar-refractivity contribution is 6.01. The van der Waals surface area contributed by atoms with Crippen LogP contribution in [0.25, 0.3) is 0 Å². The van der Waals surface area contributed by atoms with Gasteiger partial charge >= 0.3 is 0 Å². The average Bonchev–Trinajstić information content (AvgIpc) is 2.93. The van der Waals surface area contributed by atoms with Gasteiger partial charge in [0, 0.05) is 13.1 Å². The van der Waals surface area contributed by atoms with E-state index in [4.69, 9.17) is 4.74 Å². The molecule has 0 fully saturated rings. The highest BCUT2D eigenvalue weighted by Crippen LogP contribution is 2.31. The van der Waals surface area contributed by atoms with Crippen LogP contribution in [0.2, 0.25) is 0 Å². The number of hydrogen-bond donors (Lipinski definition) is 1. The number of anilines is 1. The van der Waals surface area contributed by atoms with Crippen molar-refractivity contribution in [1.82, 2.24) is 14.8 Å². The fourth-order valence-electron chi connectivity index (χ4n) is 2.32. The molecule has 3 rings (SSSR count). The van der Waals surface area contributed by atoms with Crippen LogP contribution in [0.15, 0.2) is 24.5 Å². The third kappa shape index (κ3) is 2.24. The number of benzene rings is 1. The van der Waals surface area contributed by atoms with Gasteiger partial charge < -0.3 is 10.1 Å². The zero-order valence-corrected chi connectivity index (χ0v) is 11.3. The van der Waals surface area contributed by atoms with Crippen molar-refractivity contribution in [3.05, 3.63) is 35.9 Å². The summed E-state index contributed by atoms with van der Waals surface area (Å²) in [7, 11) is 0. The number of carbonyl (C=O) groups is 1. The lowest BCUT2D eigenvalue weighted by atomic mass is 10.0. The Morgan fingerprint density at radius 2 is 2.40 bits per heavy atom. The van der Waals surface area contributed by atoms with Crippen LogP contribution in [0.3, 0.4) is 0 Å². The van der Waals surface area contributed by atoms with Crippen LogP contribution in [0.1, 0.15) is 23.1 Å². The Kier molecular flexibility index (Phi) is 3.37. The summed E-state index contributed by atoms with van der Waals surface area (Å²) in [6.45, 7) is 4.00. The SMILES string of the molecule is CCn1ncnc1CC(=O)c1cccc2c1OCCN2. The van der Waals surface area contributed by atoms with Gasteiger partial charge in [-0.15, -0.1) is 0 Å². The monoisotopic (exact) mass is 272 g/mol. The van der Waals surface area contributed by atoms with Crippen LogP contribution in [-0.4, -0.2) is 33.7 Å². The summed E-state index contributed by atoms with van der Waals surface area (Å²) in [5.74, 6) is 1.32. The number of para-hydroxylation sites is 1. The van der Waals surface area contributed by atoms with Gasteiger partial charge in [0.15, 0.2) is 11.5 Å². The summed E-state index contributed by atoms with van der Waals surface area (Å²) < 4.78 is 7.35. The predicted molar refractivity (Wildman–Crippen MR) is 74.2 cm³/mol. The molecule has 1 aromatic heterocycles. The molecular weight excluding hydrogens is 256 g/mol. The van der Waals surface area contributed by atoms with Crippen molar-refractivity contribution in [2.75, 3.05) is 18.5 Å². The fraction of sp³-hybridized carbons (Fsp3) is 0.357. The van der Waals surface area contributed by atoms with Crippen LogP contribution in [0, 0.1) is 0 Å². The Balaban J connectivity index is 1.88. The van der Waals surface area contributed by atoms with E-state index in [0.717, 1.165) is 12.2 Å². The van der Waals surface area contributed by atoms with Gasteiger partial charge in [-0.25, -0.2) is 9.67 Å². The van der Waals surface area contributed by atoms with Crippen LogP contribution < -0.4 is 10.1 Å². The molecule has 0 atom stereocenters. The molecule has 1 aliphatic rings. The Bertz CT molecular complexity index is 636. The van der Waals surface area contributed by atoms with Gasteiger partial charge in [-0.05, 0) is 19.1 Å². The molecule has 1 aromatic carbocycles. The highest BCUT2D eigenvalue weighted by atomic mass is 16.5. The first kappa shape index (κ1) is 12.7. The van der Waals surface area contributed by atoms with E-state index in [2.05, 4.69) is 15.4 Å². The quantitative estimate of drug-likeness (QED) is 0.855. The van der Waals surface area contributed by atoms with E-state index in [1.807, 2.05) is 19.1 Å². The number of nitrogens with one attached hydrogen (secondary N) is 1.